The van der Waals surface area contributed by atoms with E-state index < -0.39 is 0 Å². The van der Waals surface area contributed by atoms with Crippen LogP contribution in [-0.2, 0) is 6.42 Å². The zero-order valence-electron chi connectivity index (χ0n) is 13.3. The standard InChI is InChI=1S/C16H30N4/c1-4-7-8-9-10-11-12-18-16-14(5-2)15(17-6-3)19-13-20-16/h13H,4-12H2,1-3H3,(H2,17,18,19,20). The largest absolute Gasteiger partial charge is 0.370 e. The highest BCUT2D eigenvalue weighted by Gasteiger charge is 2.08. The molecule has 1 aromatic heterocycles. The Morgan fingerprint density at radius 1 is 0.850 bits per heavy atom. The van der Waals surface area contributed by atoms with Gasteiger partial charge in [0, 0.05) is 18.7 Å². The van der Waals surface area contributed by atoms with Crippen molar-refractivity contribution in [1.29, 1.82) is 0 Å². The van der Waals surface area contributed by atoms with E-state index in [1.165, 1.54) is 44.1 Å². The molecule has 0 saturated heterocycles. The molecule has 0 unspecified atom stereocenters. The Hall–Kier alpha value is -1.32. The molecule has 114 valence electrons. The van der Waals surface area contributed by atoms with Crippen LogP contribution in [-0.4, -0.2) is 23.1 Å². The second-order valence-corrected chi connectivity index (χ2v) is 5.13. The fourth-order valence-electron chi connectivity index (χ4n) is 2.33. The van der Waals surface area contributed by atoms with Gasteiger partial charge >= 0.3 is 0 Å². The van der Waals surface area contributed by atoms with Gasteiger partial charge in [-0.1, -0.05) is 46.0 Å². The zero-order valence-corrected chi connectivity index (χ0v) is 13.3. The molecule has 0 bridgehead atoms. The second-order valence-electron chi connectivity index (χ2n) is 5.13. The third-order valence-corrected chi connectivity index (χ3v) is 3.47. The molecule has 0 amide bonds. The van der Waals surface area contributed by atoms with Crippen LogP contribution >= 0.6 is 0 Å². The maximum atomic E-state index is 4.38. The first-order valence-corrected chi connectivity index (χ1v) is 8.15. The van der Waals surface area contributed by atoms with Gasteiger partial charge in [0.05, 0.1) is 0 Å². The number of aromatic nitrogens is 2. The summed E-state index contributed by atoms with van der Waals surface area (Å²) in [7, 11) is 0. The van der Waals surface area contributed by atoms with Crippen molar-refractivity contribution in [3.63, 3.8) is 0 Å². The predicted octanol–water partition coefficient (Wildman–Crippen LogP) is 4.24. The first-order chi connectivity index (χ1) is 9.83. The normalized spacial score (nSPS) is 10.6. The number of nitrogens with zero attached hydrogens (tertiary/aromatic N) is 2. The van der Waals surface area contributed by atoms with Crippen LogP contribution in [0.3, 0.4) is 0 Å². The Kier molecular flexibility index (Phi) is 8.76. The summed E-state index contributed by atoms with van der Waals surface area (Å²) in [5, 5.41) is 6.76. The first-order valence-electron chi connectivity index (χ1n) is 8.15. The quantitative estimate of drug-likeness (QED) is 0.594. The topological polar surface area (TPSA) is 49.8 Å². The van der Waals surface area contributed by atoms with Gasteiger partial charge in [-0.15, -0.1) is 0 Å². The molecule has 20 heavy (non-hydrogen) atoms. The van der Waals surface area contributed by atoms with Crippen molar-refractivity contribution in [3.05, 3.63) is 11.9 Å². The van der Waals surface area contributed by atoms with E-state index in [2.05, 4.69) is 41.4 Å². The molecule has 1 aromatic rings. The summed E-state index contributed by atoms with van der Waals surface area (Å²) in [5.41, 5.74) is 1.19. The highest BCUT2D eigenvalue weighted by Crippen LogP contribution is 2.20. The van der Waals surface area contributed by atoms with Crippen molar-refractivity contribution in [2.75, 3.05) is 23.7 Å². The average molecular weight is 278 g/mol. The van der Waals surface area contributed by atoms with Gasteiger partial charge in [-0.25, -0.2) is 9.97 Å². The van der Waals surface area contributed by atoms with Crippen molar-refractivity contribution < 1.29 is 0 Å². The highest BCUT2D eigenvalue weighted by molar-refractivity contribution is 5.57. The smallest absolute Gasteiger partial charge is 0.134 e. The highest BCUT2D eigenvalue weighted by atomic mass is 15.1. The molecule has 0 fully saturated rings. The van der Waals surface area contributed by atoms with E-state index >= 15 is 0 Å². The molecule has 0 aliphatic heterocycles. The number of hydrogen-bond donors (Lipinski definition) is 2. The maximum absolute atomic E-state index is 4.38. The van der Waals surface area contributed by atoms with Crippen LogP contribution in [0.2, 0.25) is 0 Å². The van der Waals surface area contributed by atoms with Crippen LogP contribution in [0.5, 0.6) is 0 Å². The number of anilines is 2. The lowest BCUT2D eigenvalue weighted by Crippen LogP contribution is -2.10. The van der Waals surface area contributed by atoms with E-state index in [4.69, 9.17) is 0 Å². The Balaban J connectivity index is 2.37. The number of nitrogens with one attached hydrogen (secondary N) is 2. The molecular formula is C16H30N4. The molecule has 1 heterocycles. The van der Waals surface area contributed by atoms with E-state index in [-0.39, 0.29) is 0 Å². The third-order valence-electron chi connectivity index (χ3n) is 3.47. The van der Waals surface area contributed by atoms with Gasteiger partial charge in [0.25, 0.3) is 0 Å². The Morgan fingerprint density at radius 2 is 1.50 bits per heavy atom. The van der Waals surface area contributed by atoms with Gasteiger partial charge in [-0.2, -0.15) is 0 Å². The molecule has 2 N–H and O–H groups in total. The number of unbranched alkanes of at least 4 members (excludes halogenated alkanes) is 5. The fraction of sp³-hybridized carbons (Fsp3) is 0.750. The molecule has 0 spiro atoms. The minimum Gasteiger partial charge on any atom is -0.370 e. The second kappa shape index (κ2) is 10.5. The van der Waals surface area contributed by atoms with E-state index in [1.807, 2.05) is 0 Å². The SMILES string of the molecule is CCCCCCCCNc1ncnc(NCC)c1CC. The van der Waals surface area contributed by atoms with E-state index in [1.54, 1.807) is 6.33 Å². The molecule has 0 radical (unpaired) electrons. The summed E-state index contributed by atoms with van der Waals surface area (Å²) in [4.78, 5) is 8.69. The monoisotopic (exact) mass is 278 g/mol. The van der Waals surface area contributed by atoms with E-state index in [9.17, 15) is 0 Å². The Morgan fingerprint density at radius 3 is 2.15 bits per heavy atom. The van der Waals surface area contributed by atoms with Crippen molar-refractivity contribution in [2.24, 2.45) is 0 Å². The Bertz CT molecular complexity index is 365. The first kappa shape index (κ1) is 16.7. The van der Waals surface area contributed by atoms with Crippen molar-refractivity contribution in [2.45, 2.75) is 65.7 Å². The molecule has 0 aromatic carbocycles. The van der Waals surface area contributed by atoms with Gasteiger partial charge in [-0.05, 0) is 19.8 Å². The summed E-state index contributed by atoms with van der Waals surface area (Å²) < 4.78 is 0. The fourth-order valence-corrected chi connectivity index (χ4v) is 2.33. The van der Waals surface area contributed by atoms with Crippen molar-refractivity contribution in [3.8, 4) is 0 Å². The van der Waals surface area contributed by atoms with Gasteiger partial charge in [0.2, 0.25) is 0 Å². The van der Waals surface area contributed by atoms with E-state index in [0.29, 0.717) is 0 Å². The van der Waals surface area contributed by atoms with Crippen LogP contribution in [0.1, 0.15) is 64.9 Å². The lowest BCUT2D eigenvalue weighted by Gasteiger charge is -2.13. The maximum Gasteiger partial charge on any atom is 0.134 e. The summed E-state index contributed by atoms with van der Waals surface area (Å²) in [5.74, 6) is 1.96. The molecule has 0 aliphatic carbocycles. The molecular weight excluding hydrogens is 248 g/mol. The van der Waals surface area contributed by atoms with Crippen LogP contribution < -0.4 is 10.6 Å². The van der Waals surface area contributed by atoms with Gasteiger partial charge in [0.1, 0.15) is 18.0 Å². The molecule has 1 rings (SSSR count). The zero-order chi connectivity index (χ0) is 14.6. The van der Waals surface area contributed by atoms with Gasteiger partial charge in [-0.3, -0.25) is 0 Å². The van der Waals surface area contributed by atoms with Crippen LogP contribution in [0, 0.1) is 0 Å². The third kappa shape index (κ3) is 5.76. The lowest BCUT2D eigenvalue weighted by molar-refractivity contribution is 0.616. The molecule has 0 atom stereocenters. The molecule has 0 saturated carbocycles. The number of rotatable bonds is 11. The summed E-state index contributed by atoms with van der Waals surface area (Å²) >= 11 is 0. The summed E-state index contributed by atoms with van der Waals surface area (Å²) in [6, 6.07) is 0. The van der Waals surface area contributed by atoms with Crippen molar-refractivity contribution in [1.82, 2.24) is 9.97 Å². The summed E-state index contributed by atoms with van der Waals surface area (Å²) in [6.07, 6.45) is 10.5. The van der Waals surface area contributed by atoms with Crippen LogP contribution in [0.25, 0.3) is 0 Å². The Labute approximate surface area is 123 Å². The van der Waals surface area contributed by atoms with E-state index in [0.717, 1.165) is 31.1 Å². The van der Waals surface area contributed by atoms with Crippen LogP contribution in [0.4, 0.5) is 11.6 Å². The number of hydrogen-bond acceptors (Lipinski definition) is 4. The van der Waals surface area contributed by atoms with Crippen LogP contribution in [0.15, 0.2) is 6.33 Å². The molecule has 4 nitrogen and oxygen atoms in total. The van der Waals surface area contributed by atoms with Crippen molar-refractivity contribution >= 4 is 11.6 Å². The minimum absolute atomic E-state index is 0.890. The van der Waals surface area contributed by atoms with Gasteiger partial charge in [0.15, 0.2) is 0 Å². The molecule has 0 aliphatic rings. The predicted molar refractivity (Wildman–Crippen MR) is 87.4 cm³/mol. The lowest BCUT2D eigenvalue weighted by atomic mass is 10.1. The summed E-state index contributed by atoms with van der Waals surface area (Å²) in [6.45, 7) is 8.38. The minimum atomic E-state index is 0.890. The van der Waals surface area contributed by atoms with Gasteiger partial charge < -0.3 is 10.6 Å². The average Bonchev–Trinajstić information content (AvgIpc) is 2.47. The molecule has 4 heteroatoms.